The van der Waals surface area contributed by atoms with Gasteiger partial charge in [0.2, 0.25) is 0 Å². The van der Waals surface area contributed by atoms with Crippen molar-refractivity contribution in [2.45, 2.75) is 71.1 Å². The molecule has 0 aromatic heterocycles. The van der Waals surface area contributed by atoms with Crippen molar-refractivity contribution in [3.63, 3.8) is 0 Å². The average Bonchev–Trinajstić information content (AvgIpc) is 2.59. The Hall–Kier alpha value is -0.250. The van der Waals surface area contributed by atoms with Gasteiger partial charge in [-0.3, -0.25) is 0 Å². The van der Waals surface area contributed by atoms with Crippen LogP contribution in [0.1, 0.15) is 81.5 Å². The second-order valence-electron chi connectivity index (χ2n) is 6.02. The SMILES string of the molecule is CCCCCCCCCCCCOC(=O)c1ccccc1OC.[CaH2]. The normalized spacial score (nSPS) is 10.1. The van der Waals surface area contributed by atoms with Gasteiger partial charge in [-0.1, -0.05) is 76.8 Å². The third kappa shape index (κ3) is 10.6. The molecular formula is C20H34CaO3. The van der Waals surface area contributed by atoms with Crippen LogP contribution < -0.4 is 4.74 Å². The zero-order valence-electron chi connectivity index (χ0n) is 14.8. The van der Waals surface area contributed by atoms with Crippen LogP contribution in [0.25, 0.3) is 0 Å². The molecule has 1 aromatic rings. The third-order valence-corrected chi connectivity index (χ3v) is 4.06. The molecule has 1 rings (SSSR count). The molecule has 0 saturated heterocycles. The van der Waals surface area contributed by atoms with E-state index in [1.807, 2.05) is 12.1 Å². The number of unbranched alkanes of at least 4 members (excludes halogenated alkanes) is 9. The molecular weight excluding hydrogens is 328 g/mol. The zero-order chi connectivity index (χ0) is 16.8. The zero-order valence-corrected chi connectivity index (χ0v) is 14.8. The standard InChI is InChI=1S/C20H32O3.Ca.2H/c1-3-4-5-6-7-8-9-10-11-14-17-23-20(21)18-15-12-13-16-19(18)22-2;;;/h12-13,15-16H,3-11,14,17H2,1-2H3;;;. The van der Waals surface area contributed by atoms with Gasteiger partial charge in [-0.25, -0.2) is 4.79 Å². The summed E-state index contributed by atoms with van der Waals surface area (Å²) in [5.41, 5.74) is 0.502. The van der Waals surface area contributed by atoms with Gasteiger partial charge in [0.05, 0.1) is 13.7 Å². The number of methoxy groups -OCH3 is 1. The Morgan fingerprint density at radius 3 is 2.00 bits per heavy atom. The minimum absolute atomic E-state index is 0. The molecule has 24 heavy (non-hydrogen) atoms. The molecule has 0 spiro atoms. The Kier molecular flexibility index (Phi) is 16.1. The fourth-order valence-corrected chi connectivity index (χ4v) is 2.65. The van der Waals surface area contributed by atoms with Crippen LogP contribution in [0.5, 0.6) is 5.75 Å². The maximum atomic E-state index is 12.0. The van der Waals surface area contributed by atoms with E-state index in [0.29, 0.717) is 17.9 Å². The van der Waals surface area contributed by atoms with E-state index in [9.17, 15) is 4.79 Å². The van der Waals surface area contributed by atoms with Gasteiger partial charge in [0.1, 0.15) is 11.3 Å². The maximum absolute atomic E-state index is 12.0. The summed E-state index contributed by atoms with van der Waals surface area (Å²) in [5.74, 6) is 0.277. The van der Waals surface area contributed by atoms with Gasteiger partial charge in [0, 0.05) is 0 Å². The molecule has 0 heterocycles. The van der Waals surface area contributed by atoms with Crippen molar-refractivity contribution in [2.24, 2.45) is 0 Å². The summed E-state index contributed by atoms with van der Waals surface area (Å²) in [6.07, 6.45) is 12.8. The molecule has 0 bridgehead atoms. The van der Waals surface area contributed by atoms with Crippen molar-refractivity contribution in [1.82, 2.24) is 0 Å². The van der Waals surface area contributed by atoms with Gasteiger partial charge in [-0.15, -0.1) is 0 Å². The van der Waals surface area contributed by atoms with Crippen LogP contribution in [0.3, 0.4) is 0 Å². The molecule has 0 aliphatic carbocycles. The van der Waals surface area contributed by atoms with Crippen LogP contribution in [0.15, 0.2) is 24.3 Å². The first-order valence-electron chi connectivity index (χ1n) is 9.09. The Labute approximate surface area is 177 Å². The van der Waals surface area contributed by atoms with Gasteiger partial charge in [-0.2, -0.15) is 0 Å². The second-order valence-corrected chi connectivity index (χ2v) is 6.02. The summed E-state index contributed by atoms with van der Waals surface area (Å²) < 4.78 is 10.5. The van der Waals surface area contributed by atoms with Crippen molar-refractivity contribution in [1.29, 1.82) is 0 Å². The molecule has 0 N–H and O–H groups in total. The molecule has 0 atom stereocenters. The second kappa shape index (κ2) is 16.2. The number of hydrogen-bond donors (Lipinski definition) is 0. The van der Waals surface area contributed by atoms with Gasteiger partial charge < -0.3 is 9.47 Å². The number of para-hydroxylation sites is 1. The van der Waals surface area contributed by atoms with Crippen molar-refractivity contribution < 1.29 is 14.3 Å². The van der Waals surface area contributed by atoms with Crippen molar-refractivity contribution in [3.05, 3.63) is 29.8 Å². The Morgan fingerprint density at radius 2 is 1.42 bits per heavy atom. The number of hydrogen-bond acceptors (Lipinski definition) is 3. The van der Waals surface area contributed by atoms with E-state index in [0.717, 1.165) is 12.8 Å². The molecule has 0 amide bonds. The van der Waals surface area contributed by atoms with E-state index >= 15 is 0 Å². The van der Waals surface area contributed by atoms with E-state index in [1.165, 1.54) is 51.4 Å². The van der Waals surface area contributed by atoms with E-state index in [2.05, 4.69) is 6.92 Å². The number of carbonyl (C=O) groups is 1. The van der Waals surface area contributed by atoms with Crippen LogP contribution in [0, 0.1) is 0 Å². The van der Waals surface area contributed by atoms with Crippen LogP contribution in [0.4, 0.5) is 0 Å². The third-order valence-electron chi connectivity index (χ3n) is 4.06. The van der Waals surface area contributed by atoms with Crippen molar-refractivity contribution >= 4 is 43.7 Å². The predicted molar refractivity (Wildman–Crippen MR) is 104 cm³/mol. The topological polar surface area (TPSA) is 35.5 Å². The van der Waals surface area contributed by atoms with Gasteiger partial charge >= 0.3 is 43.7 Å². The summed E-state index contributed by atoms with van der Waals surface area (Å²) >= 11 is 0. The van der Waals surface area contributed by atoms with Gasteiger partial charge in [0.15, 0.2) is 0 Å². The molecule has 0 aliphatic rings. The van der Waals surface area contributed by atoms with E-state index < -0.39 is 0 Å². The Balaban J connectivity index is 0.00000529. The number of rotatable bonds is 13. The Morgan fingerprint density at radius 1 is 0.875 bits per heavy atom. The molecule has 1 aromatic carbocycles. The number of benzene rings is 1. The summed E-state index contributed by atoms with van der Waals surface area (Å²) in [6.45, 7) is 2.74. The fourth-order valence-electron chi connectivity index (χ4n) is 2.65. The van der Waals surface area contributed by atoms with Crippen LogP contribution in [-0.2, 0) is 4.74 Å². The van der Waals surface area contributed by atoms with Gasteiger partial charge in [-0.05, 0) is 18.6 Å². The molecule has 134 valence electrons. The summed E-state index contributed by atoms with van der Waals surface area (Å²) in [5, 5.41) is 0. The molecule has 0 aliphatic heterocycles. The molecule has 4 heteroatoms. The number of ether oxygens (including phenoxy) is 2. The first-order chi connectivity index (χ1) is 11.3. The molecule has 0 radical (unpaired) electrons. The fraction of sp³-hybridized carbons (Fsp3) is 0.650. The average molecular weight is 363 g/mol. The van der Waals surface area contributed by atoms with Crippen molar-refractivity contribution in [3.8, 4) is 5.75 Å². The minimum atomic E-state index is -0.293. The van der Waals surface area contributed by atoms with Crippen LogP contribution >= 0.6 is 0 Å². The van der Waals surface area contributed by atoms with Crippen LogP contribution in [0.2, 0.25) is 0 Å². The first kappa shape index (κ1) is 23.7. The molecule has 0 saturated carbocycles. The first-order valence-corrected chi connectivity index (χ1v) is 9.09. The number of esters is 1. The van der Waals surface area contributed by atoms with Gasteiger partial charge in [0.25, 0.3) is 0 Å². The van der Waals surface area contributed by atoms with E-state index in [4.69, 9.17) is 9.47 Å². The number of carbonyl (C=O) groups excluding carboxylic acids is 1. The Bertz CT molecular complexity index is 435. The summed E-state index contributed by atoms with van der Waals surface area (Å²) in [4.78, 5) is 12.0. The predicted octanol–water partition coefficient (Wildman–Crippen LogP) is 4.86. The quantitative estimate of drug-likeness (QED) is 0.286. The monoisotopic (exact) mass is 362 g/mol. The summed E-state index contributed by atoms with van der Waals surface area (Å²) in [6, 6.07) is 7.17. The van der Waals surface area contributed by atoms with Crippen molar-refractivity contribution in [2.75, 3.05) is 13.7 Å². The van der Waals surface area contributed by atoms with E-state index in [1.54, 1.807) is 19.2 Å². The molecule has 0 fully saturated rings. The molecule has 3 nitrogen and oxygen atoms in total. The molecule has 0 unspecified atom stereocenters. The van der Waals surface area contributed by atoms with E-state index in [-0.39, 0.29) is 43.7 Å². The summed E-state index contributed by atoms with van der Waals surface area (Å²) in [7, 11) is 1.56. The van der Waals surface area contributed by atoms with Crippen LogP contribution in [-0.4, -0.2) is 57.4 Å².